The number of esters is 1. The van der Waals surface area contributed by atoms with Gasteiger partial charge in [-0.2, -0.15) is 0 Å². The Morgan fingerprint density at radius 2 is 1.87 bits per heavy atom. The zero-order chi connectivity index (χ0) is 22.9. The van der Waals surface area contributed by atoms with Crippen LogP contribution >= 0.6 is 0 Å². The monoisotopic (exact) mass is 429 g/mol. The van der Waals surface area contributed by atoms with Gasteiger partial charge in [-0.15, -0.1) is 0 Å². The van der Waals surface area contributed by atoms with Crippen LogP contribution in [-0.2, 0) is 22.4 Å². The smallest absolute Gasteiger partial charge is 0.408 e. The van der Waals surface area contributed by atoms with Gasteiger partial charge >= 0.3 is 17.7 Å². The number of ether oxygens (including phenoxy) is 2. The SMILES string of the molecule is CC[C@@H](C)[C@H](NC(=O)OC(C)(C)C)C(=O)Oc1cc(C)cc2oc(=O)c3c(c12)CCC3. The zero-order valence-corrected chi connectivity index (χ0v) is 19.1. The van der Waals surface area contributed by atoms with Gasteiger partial charge in [-0.3, -0.25) is 0 Å². The quantitative estimate of drug-likeness (QED) is 0.429. The second kappa shape index (κ2) is 8.73. The maximum atomic E-state index is 13.2. The van der Waals surface area contributed by atoms with E-state index in [2.05, 4.69) is 5.32 Å². The zero-order valence-electron chi connectivity index (χ0n) is 19.1. The van der Waals surface area contributed by atoms with Gasteiger partial charge in [0.15, 0.2) is 0 Å². The standard InChI is InChI=1S/C24H31NO6/c1-7-14(3)20(25-23(28)31-24(4,5)6)22(27)30-18-12-13(2)11-17-19(18)15-9-8-10-16(15)21(26)29-17/h11-12,14,20H,7-10H2,1-6H3,(H,25,28)/t14-,20+/m1/s1. The predicted octanol–water partition coefficient (Wildman–Crippen LogP) is 4.43. The largest absolute Gasteiger partial charge is 0.444 e. The molecule has 0 bridgehead atoms. The highest BCUT2D eigenvalue weighted by Crippen LogP contribution is 2.35. The average Bonchev–Trinajstić information content (AvgIpc) is 3.13. The number of rotatable bonds is 5. The summed E-state index contributed by atoms with van der Waals surface area (Å²) in [6, 6.07) is 2.66. The lowest BCUT2D eigenvalue weighted by Crippen LogP contribution is -2.48. The fourth-order valence-electron chi connectivity index (χ4n) is 3.86. The van der Waals surface area contributed by atoms with Gasteiger partial charge in [-0.05, 0) is 76.1 Å². The third kappa shape index (κ3) is 5.09. The Hall–Kier alpha value is -2.83. The van der Waals surface area contributed by atoms with Crippen molar-refractivity contribution in [3.63, 3.8) is 0 Å². The Morgan fingerprint density at radius 3 is 2.52 bits per heavy atom. The van der Waals surface area contributed by atoms with E-state index in [9.17, 15) is 14.4 Å². The van der Waals surface area contributed by atoms with Gasteiger partial charge in [0, 0.05) is 5.56 Å². The molecule has 3 rings (SSSR count). The van der Waals surface area contributed by atoms with Crippen LogP contribution in [0.5, 0.6) is 5.75 Å². The second-order valence-electron chi connectivity index (χ2n) is 9.27. The van der Waals surface area contributed by atoms with E-state index in [0.29, 0.717) is 35.1 Å². The number of hydrogen-bond acceptors (Lipinski definition) is 6. The molecule has 0 radical (unpaired) electrons. The van der Waals surface area contributed by atoms with E-state index < -0.39 is 23.7 Å². The van der Waals surface area contributed by atoms with Gasteiger partial charge < -0.3 is 19.2 Å². The molecule has 7 heteroatoms. The summed E-state index contributed by atoms with van der Waals surface area (Å²) in [5.41, 5.74) is 1.74. The number of benzene rings is 1. The molecule has 31 heavy (non-hydrogen) atoms. The molecule has 168 valence electrons. The first-order valence-corrected chi connectivity index (χ1v) is 10.8. The van der Waals surface area contributed by atoms with Crippen molar-refractivity contribution < 1.29 is 23.5 Å². The summed E-state index contributed by atoms with van der Waals surface area (Å²) >= 11 is 0. The minimum atomic E-state index is -0.876. The molecule has 1 aliphatic rings. The van der Waals surface area contributed by atoms with Crippen molar-refractivity contribution >= 4 is 23.0 Å². The van der Waals surface area contributed by atoms with Crippen molar-refractivity contribution in [2.75, 3.05) is 0 Å². The number of carbonyl (C=O) groups is 2. The normalized spacial score (nSPS) is 15.3. The Balaban J connectivity index is 1.96. The molecule has 7 nitrogen and oxygen atoms in total. The van der Waals surface area contributed by atoms with E-state index >= 15 is 0 Å². The summed E-state index contributed by atoms with van der Waals surface area (Å²) in [5.74, 6) is -0.397. The molecular formula is C24H31NO6. The number of alkyl carbamates (subject to hydrolysis) is 1. The second-order valence-corrected chi connectivity index (χ2v) is 9.27. The lowest BCUT2D eigenvalue weighted by atomic mass is 9.99. The third-order valence-corrected chi connectivity index (χ3v) is 5.53. The van der Waals surface area contributed by atoms with Crippen LogP contribution in [0.15, 0.2) is 21.3 Å². The van der Waals surface area contributed by atoms with Crippen molar-refractivity contribution in [2.45, 2.75) is 78.9 Å². The van der Waals surface area contributed by atoms with Crippen LogP contribution in [0.3, 0.4) is 0 Å². The fourth-order valence-corrected chi connectivity index (χ4v) is 3.86. The molecule has 1 amide bonds. The summed E-state index contributed by atoms with van der Waals surface area (Å²) in [6.07, 6.45) is 2.24. The molecule has 2 atom stereocenters. The van der Waals surface area contributed by atoms with Crippen LogP contribution in [0.1, 0.15) is 64.2 Å². The summed E-state index contributed by atoms with van der Waals surface area (Å²) in [5, 5.41) is 3.32. The minimum absolute atomic E-state index is 0.167. The first kappa shape index (κ1) is 22.8. The highest BCUT2D eigenvalue weighted by molar-refractivity contribution is 5.92. The van der Waals surface area contributed by atoms with Crippen LogP contribution in [-0.4, -0.2) is 23.7 Å². The Morgan fingerprint density at radius 1 is 1.19 bits per heavy atom. The molecule has 0 spiro atoms. The van der Waals surface area contributed by atoms with E-state index in [4.69, 9.17) is 13.9 Å². The topological polar surface area (TPSA) is 94.8 Å². The van der Waals surface area contributed by atoms with Crippen LogP contribution in [0, 0.1) is 12.8 Å². The van der Waals surface area contributed by atoms with Crippen LogP contribution < -0.4 is 15.7 Å². The van der Waals surface area contributed by atoms with Gasteiger partial charge in [-0.1, -0.05) is 20.3 Å². The maximum Gasteiger partial charge on any atom is 0.408 e. The fraction of sp³-hybridized carbons (Fsp3) is 0.542. The lowest BCUT2D eigenvalue weighted by Gasteiger charge is -2.26. The number of aryl methyl sites for hydroxylation is 2. The first-order chi connectivity index (χ1) is 14.5. The van der Waals surface area contributed by atoms with Gasteiger partial charge in [0.25, 0.3) is 0 Å². The van der Waals surface area contributed by atoms with Gasteiger partial charge in [-0.25, -0.2) is 14.4 Å². The maximum absolute atomic E-state index is 13.2. The Bertz CT molecular complexity index is 1060. The van der Waals surface area contributed by atoms with Crippen molar-refractivity contribution in [3.05, 3.63) is 39.2 Å². The molecule has 0 saturated heterocycles. The molecule has 0 unspecified atom stereocenters. The van der Waals surface area contributed by atoms with E-state index in [1.807, 2.05) is 20.8 Å². The van der Waals surface area contributed by atoms with Crippen molar-refractivity contribution in [2.24, 2.45) is 5.92 Å². The van der Waals surface area contributed by atoms with Crippen molar-refractivity contribution in [3.8, 4) is 5.75 Å². The summed E-state index contributed by atoms with van der Waals surface area (Å²) in [7, 11) is 0. The molecule has 2 aromatic rings. The van der Waals surface area contributed by atoms with Crippen LogP contribution in [0.4, 0.5) is 4.79 Å². The van der Waals surface area contributed by atoms with Crippen molar-refractivity contribution in [1.82, 2.24) is 5.32 Å². The van der Waals surface area contributed by atoms with Crippen molar-refractivity contribution in [1.29, 1.82) is 0 Å². The Kier molecular flexibility index (Phi) is 6.43. The lowest BCUT2D eigenvalue weighted by molar-refractivity contribution is -0.138. The van der Waals surface area contributed by atoms with Gasteiger partial charge in [0.2, 0.25) is 0 Å². The van der Waals surface area contributed by atoms with Crippen LogP contribution in [0.25, 0.3) is 11.0 Å². The summed E-state index contributed by atoms with van der Waals surface area (Å²) in [4.78, 5) is 37.8. The third-order valence-electron chi connectivity index (χ3n) is 5.53. The number of carbonyl (C=O) groups excluding carboxylic acids is 2. The van der Waals surface area contributed by atoms with Crippen LogP contribution in [0.2, 0.25) is 0 Å². The number of amides is 1. The van der Waals surface area contributed by atoms with Gasteiger partial charge in [0.1, 0.15) is 23.0 Å². The minimum Gasteiger partial charge on any atom is -0.444 e. The van der Waals surface area contributed by atoms with E-state index in [1.54, 1.807) is 32.9 Å². The number of nitrogens with one attached hydrogen (secondary N) is 1. The molecule has 1 aromatic heterocycles. The molecule has 0 aliphatic heterocycles. The molecule has 0 fully saturated rings. The van der Waals surface area contributed by atoms with Gasteiger partial charge in [0.05, 0.1) is 5.39 Å². The molecule has 1 aromatic carbocycles. The van der Waals surface area contributed by atoms with E-state index in [-0.39, 0.29) is 11.5 Å². The summed E-state index contributed by atoms with van der Waals surface area (Å²) in [6.45, 7) is 10.9. The molecule has 1 aliphatic carbocycles. The van der Waals surface area contributed by atoms with E-state index in [0.717, 1.165) is 24.0 Å². The molecule has 1 heterocycles. The Labute approximate surface area is 182 Å². The number of hydrogen-bond donors (Lipinski definition) is 1. The number of fused-ring (bicyclic) bond motifs is 3. The molecular weight excluding hydrogens is 398 g/mol. The highest BCUT2D eigenvalue weighted by atomic mass is 16.6. The van der Waals surface area contributed by atoms with E-state index in [1.165, 1.54) is 0 Å². The molecule has 1 N–H and O–H groups in total. The summed E-state index contributed by atoms with van der Waals surface area (Å²) < 4.78 is 16.7. The highest BCUT2D eigenvalue weighted by Gasteiger charge is 2.31. The first-order valence-electron chi connectivity index (χ1n) is 10.8. The molecule has 0 saturated carbocycles. The average molecular weight is 430 g/mol. The predicted molar refractivity (Wildman–Crippen MR) is 117 cm³/mol.